The van der Waals surface area contributed by atoms with Crippen molar-refractivity contribution in [2.75, 3.05) is 11.1 Å². The first-order chi connectivity index (χ1) is 14.9. The van der Waals surface area contributed by atoms with E-state index in [9.17, 15) is 14.0 Å². The largest absolute Gasteiger partial charge is 0.325 e. The zero-order valence-electron chi connectivity index (χ0n) is 15.8. The molecule has 0 unspecified atom stereocenters. The molecule has 0 aliphatic heterocycles. The van der Waals surface area contributed by atoms with Crippen LogP contribution in [0.25, 0.3) is 16.6 Å². The van der Waals surface area contributed by atoms with Gasteiger partial charge in [-0.3, -0.25) is 14.2 Å². The third-order valence-electron chi connectivity index (χ3n) is 4.37. The van der Waals surface area contributed by atoms with E-state index in [4.69, 9.17) is 23.2 Å². The van der Waals surface area contributed by atoms with E-state index in [-0.39, 0.29) is 27.4 Å². The average Bonchev–Trinajstić information content (AvgIpc) is 2.76. The molecular weight excluding hydrogens is 460 g/mol. The lowest BCUT2D eigenvalue weighted by atomic mass is 10.2. The fraction of sp³-hybridized carbons (Fsp3) is 0.0455. The number of hydrogen-bond acceptors (Lipinski definition) is 4. The predicted octanol–water partition coefficient (Wildman–Crippen LogP) is 5.56. The van der Waals surface area contributed by atoms with Crippen molar-refractivity contribution in [2.24, 2.45) is 0 Å². The van der Waals surface area contributed by atoms with Gasteiger partial charge in [0.15, 0.2) is 5.16 Å². The van der Waals surface area contributed by atoms with Crippen LogP contribution < -0.4 is 10.9 Å². The molecule has 0 saturated heterocycles. The summed E-state index contributed by atoms with van der Waals surface area (Å²) in [7, 11) is 0. The third kappa shape index (κ3) is 4.74. The number of anilines is 1. The molecule has 4 aromatic rings. The van der Waals surface area contributed by atoms with Crippen molar-refractivity contribution in [1.82, 2.24) is 9.55 Å². The molecule has 1 amide bonds. The molecule has 1 N–H and O–H groups in total. The second-order valence-corrected chi connectivity index (χ2v) is 8.28. The van der Waals surface area contributed by atoms with Crippen molar-refractivity contribution in [1.29, 1.82) is 0 Å². The molecule has 1 aromatic heterocycles. The van der Waals surface area contributed by atoms with E-state index >= 15 is 0 Å². The lowest BCUT2D eigenvalue weighted by molar-refractivity contribution is -0.113. The van der Waals surface area contributed by atoms with Gasteiger partial charge in [0.25, 0.3) is 5.56 Å². The minimum Gasteiger partial charge on any atom is -0.325 e. The minimum atomic E-state index is -0.594. The van der Waals surface area contributed by atoms with Crippen molar-refractivity contribution >= 4 is 57.5 Å². The molecule has 4 rings (SSSR count). The van der Waals surface area contributed by atoms with Gasteiger partial charge in [-0.1, -0.05) is 47.1 Å². The lowest BCUT2D eigenvalue weighted by Crippen LogP contribution is -2.23. The summed E-state index contributed by atoms with van der Waals surface area (Å²) in [5, 5.41) is 3.90. The summed E-state index contributed by atoms with van der Waals surface area (Å²) in [5.41, 5.74) is 1.12. The van der Waals surface area contributed by atoms with Crippen LogP contribution in [0, 0.1) is 5.82 Å². The maximum Gasteiger partial charge on any atom is 0.266 e. The van der Waals surface area contributed by atoms with Gasteiger partial charge in [0, 0.05) is 10.7 Å². The molecule has 0 saturated carbocycles. The molecular formula is C22H14Cl2FN3O2S. The first-order valence-electron chi connectivity index (χ1n) is 9.08. The number of carbonyl (C=O) groups is 1. The number of para-hydroxylation sites is 1. The SMILES string of the molecule is O=C(CSc1nc2ccccc2c(=O)n1-c1ccc(F)c(Cl)c1)Nc1ccc(Cl)cc1. The Balaban J connectivity index is 1.68. The van der Waals surface area contributed by atoms with Crippen LogP contribution in [-0.2, 0) is 4.79 Å². The molecule has 0 radical (unpaired) electrons. The van der Waals surface area contributed by atoms with E-state index < -0.39 is 5.82 Å². The maximum atomic E-state index is 13.7. The second kappa shape index (κ2) is 9.09. The number of nitrogens with zero attached hydrogens (tertiary/aromatic N) is 2. The number of benzene rings is 3. The fourth-order valence-electron chi connectivity index (χ4n) is 2.92. The van der Waals surface area contributed by atoms with Crippen LogP contribution in [0.15, 0.2) is 76.7 Å². The number of thioether (sulfide) groups is 1. The Labute approximate surface area is 190 Å². The average molecular weight is 474 g/mol. The van der Waals surface area contributed by atoms with Gasteiger partial charge >= 0.3 is 0 Å². The molecule has 3 aromatic carbocycles. The third-order valence-corrected chi connectivity index (χ3v) is 5.85. The summed E-state index contributed by atoms with van der Waals surface area (Å²) in [6.45, 7) is 0. The van der Waals surface area contributed by atoms with Gasteiger partial charge in [0.05, 0.1) is 27.4 Å². The number of halogens is 3. The highest BCUT2D eigenvalue weighted by atomic mass is 35.5. The summed E-state index contributed by atoms with van der Waals surface area (Å²) in [6.07, 6.45) is 0. The monoisotopic (exact) mass is 473 g/mol. The maximum absolute atomic E-state index is 13.7. The molecule has 1 heterocycles. The van der Waals surface area contributed by atoms with Gasteiger partial charge < -0.3 is 5.32 Å². The minimum absolute atomic E-state index is 0.00231. The molecule has 0 aliphatic rings. The van der Waals surface area contributed by atoms with Crippen LogP contribution >= 0.6 is 35.0 Å². The van der Waals surface area contributed by atoms with Gasteiger partial charge in [-0.15, -0.1) is 0 Å². The highest BCUT2D eigenvalue weighted by molar-refractivity contribution is 7.99. The van der Waals surface area contributed by atoms with Gasteiger partial charge in [0.2, 0.25) is 5.91 Å². The smallest absolute Gasteiger partial charge is 0.266 e. The van der Waals surface area contributed by atoms with Crippen LogP contribution in [0.2, 0.25) is 10.0 Å². The molecule has 9 heteroatoms. The van der Waals surface area contributed by atoms with E-state index in [1.54, 1.807) is 48.5 Å². The first kappa shape index (κ1) is 21.4. The second-order valence-electron chi connectivity index (χ2n) is 6.49. The van der Waals surface area contributed by atoms with Crippen LogP contribution in [0.1, 0.15) is 0 Å². The number of hydrogen-bond donors (Lipinski definition) is 1. The number of nitrogens with one attached hydrogen (secondary N) is 1. The van der Waals surface area contributed by atoms with Crippen molar-refractivity contribution < 1.29 is 9.18 Å². The topological polar surface area (TPSA) is 64.0 Å². The summed E-state index contributed by atoms with van der Waals surface area (Å²) in [4.78, 5) is 30.1. The molecule has 0 aliphatic carbocycles. The van der Waals surface area contributed by atoms with E-state index in [0.29, 0.717) is 27.3 Å². The Hall–Kier alpha value is -2.87. The summed E-state index contributed by atoms with van der Waals surface area (Å²) in [5.74, 6) is -0.871. The summed E-state index contributed by atoms with van der Waals surface area (Å²) in [6, 6.07) is 17.6. The van der Waals surface area contributed by atoms with Crippen molar-refractivity contribution in [2.45, 2.75) is 5.16 Å². The normalized spacial score (nSPS) is 10.9. The van der Waals surface area contributed by atoms with Gasteiger partial charge in [0.1, 0.15) is 5.82 Å². The molecule has 0 bridgehead atoms. The number of amides is 1. The number of aromatic nitrogens is 2. The number of rotatable bonds is 5. The molecule has 5 nitrogen and oxygen atoms in total. The van der Waals surface area contributed by atoms with Crippen molar-refractivity contribution in [3.05, 3.63) is 92.9 Å². The summed E-state index contributed by atoms with van der Waals surface area (Å²) >= 11 is 12.9. The van der Waals surface area contributed by atoms with E-state index in [0.717, 1.165) is 11.8 Å². The van der Waals surface area contributed by atoms with E-state index in [1.807, 2.05) is 0 Å². The van der Waals surface area contributed by atoms with Gasteiger partial charge in [-0.2, -0.15) is 0 Å². The van der Waals surface area contributed by atoms with Gasteiger partial charge in [-0.25, -0.2) is 9.37 Å². The van der Waals surface area contributed by atoms with Crippen molar-refractivity contribution in [3.63, 3.8) is 0 Å². The highest BCUT2D eigenvalue weighted by Gasteiger charge is 2.16. The standard InChI is InChI=1S/C22H14Cl2FN3O2S/c23-13-5-7-14(8-6-13)26-20(29)12-31-22-27-19-4-2-1-3-16(19)21(30)28(22)15-9-10-18(25)17(24)11-15/h1-11H,12H2,(H,26,29). The predicted molar refractivity (Wildman–Crippen MR) is 123 cm³/mol. The lowest BCUT2D eigenvalue weighted by Gasteiger charge is -2.13. The first-order valence-corrected chi connectivity index (χ1v) is 10.8. The highest BCUT2D eigenvalue weighted by Crippen LogP contribution is 2.24. The zero-order chi connectivity index (χ0) is 22.0. The fourth-order valence-corrected chi connectivity index (χ4v) is 4.03. The van der Waals surface area contributed by atoms with Crippen LogP contribution in [0.4, 0.5) is 10.1 Å². The molecule has 0 atom stereocenters. The molecule has 31 heavy (non-hydrogen) atoms. The molecule has 0 fully saturated rings. The van der Waals surface area contributed by atoms with Crippen LogP contribution in [0.3, 0.4) is 0 Å². The Bertz CT molecular complexity index is 1340. The molecule has 156 valence electrons. The van der Waals surface area contributed by atoms with Gasteiger partial charge in [-0.05, 0) is 54.6 Å². The quantitative estimate of drug-likeness (QED) is 0.304. The Morgan fingerprint density at radius 2 is 1.81 bits per heavy atom. The summed E-state index contributed by atoms with van der Waals surface area (Å²) < 4.78 is 15.0. The van der Waals surface area contributed by atoms with Crippen LogP contribution in [-0.4, -0.2) is 21.2 Å². The zero-order valence-corrected chi connectivity index (χ0v) is 18.1. The van der Waals surface area contributed by atoms with Crippen LogP contribution in [0.5, 0.6) is 0 Å². The molecule has 0 spiro atoms. The van der Waals surface area contributed by atoms with E-state index in [1.165, 1.54) is 22.8 Å². The van der Waals surface area contributed by atoms with E-state index in [2.05, 4.69) is 10.3 Å². The Morgan fingerprint density at radius 1 is 1.06 bits per heavy atom. The Kier molecular flexibility index (Phi) is 6.27. The number of fused-ring (bicyclic) bond motifs is 1. The van der Waals surface area contributed by atoms with Crippen molar-refractivity contribution in [3.8, 4) is 5.69 Å². The number of carbonyl (C=O) groups excluding carboxylic acids is 1. The Morgan fingerprint density at radius 3 is 2.55 bits per heavy atom.